The second-order valence-corrected chi connectivity index (χ2v) is 8.05. The molecule has 2 unspecified atom stereocenters. The minimum absolute atomic E-state index is 0.124. The van der Waals surface area contributed by atoms with Gasteiger partial charge in [-0.15, -0.1) is 0 Å². The number of nitrogens with one attached hydrogen (secondary N) is 2. The molecule has 4 rings (SSSR count). The van der Waals surface area contributed by atoms with Gasteiger partial charge in [-0.25, -0.2) is 15.1 Å². The van der Waals surface area contributed by atoms with E-state index >= 15 is 0 Å². The van der Waals surface area contributed by atoms with Crippen LogP contribution < -0.4 is 10.5 Å². The van der Waals surface area contributed by atoms with Crippen LogP contribution in [0.25, 0.3) is 22.3 Å². The Bertz CT molecular complexity index is 1040. The van der Waals surface area contributed by atoms with Gasteiger partial charge in [0.2, 0.25) is 0 Å². The average molecular weight is 387 g/mol. The van der Waals surface area contributed by atoms with Crippen LogP contribution in [-0.2, 0) is 14.5 Å². The molecule has 8 nitrogen and oxygen atoms in total. The highest BCUT2D eigenvalue weighted by atomic mass is 32.2. The molecule has 1 aromatic carbocycles. The third-order valence-electron chi connectivity index (χ3n) is 4.86. The van der Waals surface area contributed by atoms with Crippen molar-refractivity contribution in [2.45, 2.75) is 25.3 Å². The zero-order valence-corrected chi connectivity index (χ0v) is 15.4. The molecule has 0 bridgehead atoms. The molecular weight excluding hydrogens is 366 g/mol. The van der Waals surface area contributed by atoms with Crippen molar-refractivity contribution in [1.82, 2.24) is 15.0 Å². The van der Waals surface area contributed by atoms with Crippen molar-refractivity contribution in [3.05, 3.63) is 42.7 Å². The van der Waals surface area contributed by atoms with Gasteiger partial charge in [0.1, 0.15) is 17.8 Å². The highest BCUT2D eigenvalue weighted by Gasteiger charge is 2.26. The first-order valence-corrected chi connectivity index (χ1v) is 10.3. The monoisotopic (exact) mass is 387 g/mol. The number of H-pyrrole nitrogens is 1. The molecule has 2 atom stereocenters. The Labute approximate surface area is 157 Å². The Morgan fingerprint density at radius 1 is 1.22 bits per heavy atom. The largest absolute Gasteiger partial charge is 0.367 e. The maximum Gasteiger partial charge on any atom is 0.333 e. The molecule has 2 heterocycles. The summed E-state index contributed by atoms with van der Waals surface area (Å²) in [5, 5.41) is 9.30. The van der Waals surface area contributed by atoms with E-state index in [9.17, 15) is 8.42 Å². The minimum atomic E-state index is -3.89. The van der Waals surface area contributed by atoms with Crippen LogP contribution in [0, 0.1) is 5.92 Å². The number of anilines is 1. The summed E-state index contributed by atoms with van der Waals surface area (Å²) >= 11 is 0. The third kappa shape index (κ3) is 4.26. The molecule has 0 spiro atoms. The lowest BCUT2D eigenvalue weighted by Crippen LogP contribution is -2.21. The number of hydrogen-bond acceptors (Lipinski definition) is 6. The first kappa shape index (κ1) is 17.9. The summed E-state index contributed by atoms with van der Waals surface area (Å²) in [5.41, 5.74) is 2.85. The molecule has 1 saturated carbocycles. The standard InChI is InChI=1S/C18H21N5O3S/c19-27(24,25)26-10-12-6-7-14(8-12)22-17-15-9-16(13-4-2-1-3-5-13)23-18(15)21-11-20-17/h1-5,9,11-12,14H,6-8,10H2,(H2,19,24,25)(H2,20,21,22,23). The minimum Gasteiger partial charge on any atom is -0.367 e. The molecule has 1 aliphatic carbocycles. The number of aromatic nitrogens is 3. The lowest BCUT2D eigenvalue weighted by molar-refractivity contribution is 0.256. The fourth-order valence-electron chi connectivity index (χ4n) is 3.57. The van der Waals surface area contributed by atoms with Gasteiger partial charge in [0, 0.05) is 11.7 Å². The molecule has 0 aliphatic heterocycles. The van der Waals surface area contributed by atoms with Crippen LogP contribution in [0.3, 0.4) is 0 Å². The summed E-state index contributed by atoms with van der Waals surface area (Å²) in [7, 11) is -3.89. The van der Waals surface area contributed by atoms with Crippen LogP contribution in [0.2, 0.25) is 0 Å². The third-order valence-corrected chi connectivity index (χ3v) is 5.33. The molecule has 142 valence electrons. The molecule has 3 aromatic rings. The van der Waals surface area contributed by atoms with Crippen LogP contribution in [0.15, 0.2) is 42.7 Å². The van der Waals surface area contributed by atoms with Crippen molar-refractivity contribution in [2.75, 3.05) is 11.9 Å². The number of nitrogens with two attached hydrogens (primary N) is 1. The van der Waals surface area contributed by atoms with Gasteiger partial charge in [0.05, 0.1) is 12.0 Å². The summed E-state index contributed by atoms with van der Waals surface area (Å²) in [6.07, 6.45) is 4.13. The molecule has 0 amide bonds. The van der Waals surface area contributed by atoms with Crippen LogP contribution in [0.5, 0.6) is 0 Å². The zero-order chi connectivity index (χ0) is 18.9. The number of fused-ring (bicyclic) bond motifs is 1. The highest BCUT2D eigenvalue weighted by Crippen LogP contribution is 2.31. The highest BCUT2D eigenvalue weighted by molar-refractivity contribution is 7.84. The zero-order valence-electron chi connectivity index (χ0n) is 14.6. The smallest absolute Gasteiger partial charge is 0.333 e. The van der Waals surface area contributed by atoms with Gasteiger partial charge < -0.3 is 10.3 Å². The van der Waals surface area contributed by atoms with Crippen LogP contribution in [0.4, 0.5) is 5.82 Å². The molecule has 4 N–H and O–H groups in total. The molecule has 2 aromatic heterocycles. The fraction of sp³-hybridized carbons (Fsp3) is 0.333. The fourth-order valence-corrected chi connectivity index (χ4v) is 3.95. The normalized spacial score (nSPS) is 20.2. The summed E-state index contributed by atoms with van der Waals surface area (Å²) in [6.45, 7) is 0.124. The van der Waals surface area contributed by atoms with Crippen molar-refractivity contribution >= 4 is 27.2 Å². The van der Waals surface area contributed by atoms with Gasteiger partial charge in [-0.3, -0.25) is 4.18 Å². The van der Waals surface area contributed by atoms with Gasteiger partial charge in [0.15, 0.2) is 0 Å². The van der Waals surface area contributed by atoms with Gasteiger partial charge in [0.25, 0.3) is 0 Å². The number of aromatic amines is 1. The first-order chi connectivity index (χ1) is 13.0. The lowest BCUT2D eigenvalue weighted by Gasteiger charge is -2.14. The quantitative estimate of drug-likeness (QED) is 0.597. The number of nitrogens with zero attached hydrogens (tertiary/aromatic N) is 2. The maximum atomic E-state index is 10.9. The lowest BCUT2D eigenvalue weighted by atomic mass is 10.1. The average Bonchev–Trinajstić information content (AvgIpc) is 3.27. The molecule has 1 aliphatic rings. The Hall–Kier alpha value is -2.49. The van der Waals surface area contributed by atoms with Gasteiger partial charge in [-0.05, 0) is 36.8 Å². The second kappa shape index (κ2) is 7.26. The summed E-state index contributed by atoms with van der Waals surface area (Å²) < 4.78 is 26.6. The SMILES string of the molecule is NS(=O)(=O)OCC1CCC(Nc2ncnc3[nH]c(-c4ccccc4)cc23)C1. The van der Waals surface area contributed by atoms with Gasteiger partial charge in [-0.2, -0.15) is 8.42 Å². The van der Waals surface area contributed by atoms with E-state index in [0.29, 0.717) is 0 Å². The first-order valence-electron chi connectivity index (χ1n) is 8.81. The van der Waals surface area contributed by atoms with E-state index in [1.165, 1.54) is 6.33 Å². The molecule has 0 saturated heterocycles. The Morgan fingerprint density at radius 3 is 2.81 bits per heavy atom. The van der Waals surface area contributed by atoms with Crippen molar-refractivity contribution in [1.29, 1.82) is 0 Å². The van der Waals surface area contributed by atoms with E-state index in [1.54, 1.807) is 0 Å². The Kier molecular flexibility index (Phi) is 4.81. The van der Waals surface area contributed by atoms with Crippen LogP contribution in [0.1, 0.15) is 19.3 Å². The predicted octanol–water partition coefficient (Wildman–Crippen LogP) is 2.43. The Morgan fingerprint density at radius 2 is 2.04 bits per heavy atom. The molecule has 27 heavy (non-hydrogen) atoms. The Balaban J connectivity index is 1.49. The van der Waals surface area contributed by atoms with Crippen LogP contribution in [-0.4, -0.2) is 36.0 Å². The molecule has 9 heteroatoms. The summed E-state index contributed by atoms with van der Waals surface area (Å²) in [4.78, 5) is 12.1. The number of rotatable bonds is 6. The van der Waals surface area contributed by atoms with Crippen molar-refractivity contribution in [3.63, 3.8) is 0 Å². The van der Waals surface area contributed by atoms with Crippen molar-refractivity contribution < 1.29 is 12.6 Å². The summed E-state index contributed by atoms with van der Waals surface area (Å²) in [6, 6.07) is 12.3. The van der Waals surface area contributed by atoms with Crippen molar-refractivity contribution in [3.8, 4) is 11.3 Å². The molecular formula is C18H21N5O3S. The maximum absolute atomic E-state index is 10.9. The number of benzene rings is 1. The molecule has 0 radical (unpaired) electrons. The topological polar surface area (TPSA) is 123 Å². The van der Waals surface area contributed by atoms with Crippen molar-refractivity contribution in [2.24, 2.45) is 11.1 Å². The van der Waals surface area contributed by atoms with Crippen LogP contribution >= 0.6 is 0 Å². The summed E-state index contributed by atoms with van der Waals surface area (Å²) in [5.74, 6) is 0.931. The van der Waals surface area contributed by atoms with E-state index in [4.69, 9.17) is 9.32 Å². The van der Waals surface area contributed by atoms with E-state index in [2.05, 4.69) is 20.3 Å². The van der Waals surface area contributed by atoms with E-state index in [0.717, 1.165) is 47.4 Å². The number of hydrogen-bond donors (Lipinski definition) is 3. The second-order valence-electron chi connectivity index (χ2n) is 6.83. The van der Waals surface area contributed by atoms with Gasteiger partial charge in [-0.1, -0.05) is 30.3 Å². The van der Waals surface area contributed by atoms with E-state index < -0.39 is 10.3 Å². The molecule has 1 fully saturated rings. The van der Waals surface area contributed by atoms with E-state index in [1.807, 2.05) is 36.4 Å². The predicted molar refractivity (Wildman–Crippen MR) is 103 cm³/mol. The van der Waals surface area contributed by atoms with Gasteiger partial charge >= 0.3 is 10.3 Å². The van der Waals surface area contributed by atoms with E-state index in [-0.39, 0.29) is 18.6 Å².